The number of allylic oxidation sites excluding steroid dienone is 2. The zero-order chi connectivity index (χ0) is 15.0. The maximum Gasteiger partial charge on any atom is 0.256 e. The third-order valence-electron chi connectivity index (χ3n) is 3.46. The van der Waals surface area contributed by atoms with Gasteiger partial charge in [0.15, 0.2) is 11.6 Å². The summed E-state index contributed by atoms with van der Waals surface area (Å²) in [6.45, 7) is 1.91. The van der Waals surface area contributed by atoms with Crippen LogP contribution in [-0.2, 0) is 10.0 Å². The SMILES string of the molecule is CC(=O)c1ccc(C2=CC=CN3CCS(=O)(=O)N=C23)cc1. The van der Waals surface area contributed by atoms with Gasteiger partial charge in [-0.15, -0.1) is 4.40 Å². The van der Waals surface area contributed by atoms with E-state index in [-0.39, 0.29) is 11.5 Å². The van der Waals surface area contributed by atoms with E-state index >= 15 is 0 Å². The lowest BCUT2D eigenvalue weighted by molar-refractivity contribution is 0.101. The fourth-order valence-corrected chi connectivity index (χ4v) is 3.31. The monoisotopic (exact) mass is 302 g/mol. The number of carbonyl (C=O) groups excluding carboxylic acids is 1. The fourth-order valence-electron chi connectivity index (χ4n) is 2.33. The lowest BCUT2D eigenvalue weighted by Gasteiger charge is -2.29. The average Bonchev–Trinajstić information content (AvgIpc) is 2.46. The first-order valence-corrected chi connectivity index (χ1v) is 8.17. The number of sulfonamides is 1. The van der Waals surface area contributed by atoms with Crippen LogP contribution in [-0.4, -0.2) is 37.2 Å². The van der Waals surface area contributed by atoms with Crippen LogP contribution < -0.4 is 0 Å². The highest BCUT2D eigenvalue weighted by Crippen LogP contribution is 2.25. The van der Waals surface area contributed by atoms with Crippen molar-refractivity contribution in [3.05, 3.63) is 53.7 Å². The van der Waals surface area contributed by atoms with Crippen LogP contribution in [0.15, 0.2) is 47.0 Å². The molecule has 0 N–H and O–H groups in total. The summed E-state index contributed by atoms with van der Waals surface area (Å²) in [7, 11) is -3.40. The quantitative estimate of drug-likeness (QED) is 0.782. The summed E-state index contributed by atoms with van der Waals surface area (Å²) >= 11 is 0. The molecule has 0 radical (unpaired) electrons. The van der Waals surface area contributed by atoms with Gasteiger partial charge >= 0.3 is 0 Å². The summed E-state index contributed by atoms with van der Waals surface area (Å²) in [5.74, 6) is 0.467. The second-order valence-electron chi connectivity index (χ2n) is 4.95. The van der Waals surface area contributed by atoms with Crippen molar-refractivity contribution < 1.29 is 13.2 Å². The summed E-state index contributed by atoms with van der Waals surface area (Å²) < 4.78 is 27.3. The Balaban J connectivity index is 2.04. The maximum absolute atomic E-state index is 11.7. The molecule has 2 heterocycles. The molecule has 21 heavy (non-hydrogen) atoms. The van der Waals surface area contributed by atoms with Crippen molar-refractivity contribution in [1.82, 2.24) is 4.90 Å². The number of rotatable bonds is 2. The first-order chi connectivity index (χ1) is 9.96. The number of Topliss-reactive ketones (excluding diaryl/α,β-unsaturated/α-hetero) is 1. The molecule has 0 saturated heterocycles. The number of carbonyl (C=O) groups is 1. The van der Waals surface area contributed by atoms with Crippen LogP contribution in [0.5, 0.6) is 0 Å². The first kappa shape index (κ1) is 13.8. The summed E-state index contributed by atoms with van der Waals surface area (Å²) in [6.07, 6.45) is 5.52. The molecule has 2 aliphatic heterocycles. The molecule has 0 amide bonds. The van der Waals surface area contributed by atoms with E-state index in [9.17, 15) is 13.2 Å². The number of nitrogens with zero attached hydrogens (tertiary/aromatic N) is 2. The number of fused-ring (bicyclic) bond motifs is 1. The summed E-state index contributed by atoms with van der Waals surface area (Å²) in [4.78, 5) is 13.1. The second kappa shape index (κ2) is 4.96. The van der Waals surface area contributed by atoms with E-state index in [4.69, 9.17) is 0 Å². The molecular formula is C15H14N2O3S. The van der Waals surface area contributed by atoms with E-state index in [0.717, 1.165) is 11.1 Å². The topological polar surface area (TPSA) is 66.8 Å². The van der Waals surface area contributed by atoms with E-state index in [1.165, 1.54) is 6.92 Å². The smallest absolute Gasteiger partial charge is 0.256 e. The molecule has 0 unspecified atom stereocenters. The van der Waals surface area contributed by atoms with Gasteiger partial charge in [-0.25, -0.2) is 8.42 Å². The Bertz CT molecular complexity index is 787. The zero-order valence-electron chi connectivity index (χ0n) is 11.5. The van der Waals surface area contributed by atoms with Crippen molar-refractivity contribution in [3.8, 4) is 0 Å². The molecule has 3 rings (SSSR count). The number of hydrogen-bond acceptors (Lipinski definition) is 4. The van der Waals surface area contributed by atoms with Gasteiger partial charge in [0.25, 0.3) is 10.0 Å². The van der Waals surface area contributed by atoms with Crippen LogP contribution in [0.2, 0.25) is 0 Å². The minimum absolute atomic E-state index is 0.00159. The lowest BCUT2D eigenvalue weighted by atomic mass is 10.00. The normalized spacial score (nSPS) is 19.6. The molecule has 0 spiro atoms. The third-order valence-corrected chi connectivity index (χ3v) is 4.61. The Kier molecular flexibility index (Phi) is 3.25. The third kappa shape index (κ3) is 2.67. The number of amidine groups is 1. The molecule has 0 bridgehead atoms. The lowest BCUT2D eigenvalue weighted by Crippen LogP contribution is -2.37. The van der Waals surface area contributed by atoms with E-state index in [1.54, 1.807) is 12.1 Å². The van der Waals surface area contributed by atoms with E-state index < -0.39 is 10.0 Å². The zero-order valence-corrected chi connectivity index (χ0v) is 12.3. The van der Waals surface area contributed by atoms with Gasteiger partial charge in [-0.1, -0.05) is 24.3 Å². The molecule has 0 aliphatic carbocycles. The molecule has 0 saturated carbocycles. The number of benzene rings is 1. The highest BCUT2D eigenvalue weighted by molar-refractivity contribution is 7.90. The highest BCUT2D eigenvalue weighted by atomic mass is 32.2. The van der Waals surface area contributed by atoms with Crippen molar-refractivity contribution in [2.24, 2.45) is 4.40 Å². The molecule has 0 atom stereocenters. The van der Waals surface area contributed by atoms with Crippen LogP contribution in [0.4, 0.5) is 0 Å². The molecule has 6 heteroatoms. The molecular weight excluding hydrogens is 288 g/mol. The van der Waals surface area contributed by atoms with Crippen LogP contribution >= 0.6 is 0 Å². The van der Waals surface area contributed by atoms with Crippen molar-refractivity contribution in [3.63, 3.8) is 0 Å². The van der Waals surface area contributed by atoms with E-state index in [1.807, 2.05) is 35.4 Å². The van der Waals surface area contributed by atoms with Crippen molar-refractivity contribution >= 4 is 27.2 Å². The van der Waals surface area contributed by atoms with Gasteiger partial charge in [0.1, 0.15) is 0 Å². The van der Waals surface area contributed by atoms with E-state index in [2.05, 4.69) is 4.40 Å². The van der Waals surface area contributed by atoms with Crippen LogP contribution in [0, 0.1) is 0 Å². The minimum Gasteiger partial charge on any atom is -0.331 e. The Morgan fingerprint density at radius 2 is 1.95 bits per heavy atom. The van der Waals surface area contributed by atoms with Gasteiger partial charge in [0, 0.05) is 23.9 Å². The standard InChI is InChI=1S/C15H14N2O3S/c1-11(18)12-4-6-13(7-5-12)14-3-2-8-17-9-10-21(19,20)16-15(14)17/h2-8H,9-10H2,1H3. The minimum atomic E-state index is -3.40. The summed E-state index contributed by atoms with van der Waals surface area (Å²) in [6, 6.07) is 7.09. The largest absolute Gasteiger partial charge is 0.331 e. The molecule has 1 aromatic carbocycles. The summed E-state index contributed by atoms with van der Waals surface area (Å²) in [5.41, 5.74) is 2.21. The van der Waals surface area contributed by atoms with Crippen LogP contribution in [0.25, 0.3) is 5.57 Å². The van der Waals surface area contributed by atoms with Crippen molar-refractivity contribution in [1.29, 1.82) is 0 Å². The fraction of sp³-hybridized carbons (Fsp3) is 0.200. The second-order valence-corrected chi connectivity index (χ2v) is 6.70. The van der Waals surface area contributed by atoms with E-state index in [0.29, 0.717) is 17.9 Å². The Hall–Kier alpha value is -2.21. The van der Waals surface area contributed by atoms with Crippen LogP contribution in [0.1, 0.15) is 22.8 Å². The number of hydrogen-bond donors (Lipinski definition) is 0. The van der Waals surface area contributed by atoms with Gasteiger partial charge < -0.3 is 4.90 Å². The number of ketones is 1. The molecule has 2 aliphatic rings. The molecule has 108 valence electrons. The molecule has 0 aromatic heterocycles. The van der Waals surface area contributed by atoms with Gasteiger partial charge in [0.2, 0.25) is 0 Å². The van der Waals surface area contributed by atoms with Crippen LogP contribution in [0.3, 0.4) is 0 Å². The Morgan fingerprint density at radius 3 is 2.62 bits per heavy atom. The molecule has 0 fully saturated rings. The van der Waals surface area contributed by atoms with Gasteiger partial charge in [-0.05, 0) is 24.6 Å². The van der Waals surface area contributed by atoms with Crippen molar-refractivity contribution in [2.45, 2.75) is 6.92 Å². The Morgan fingerprint density at radius 1 is 1.24 bits per heavy atom. The summed E-state index contributed by atoms with van der Waals surface area (Å²) in [5, 5.41) is 0. The first-order valence-electron chi connectivity index (χ1n) is 6.56. The Labute approximate surface area is 123 Å². The molecule has 1 aromatic rings. The highest BCUT2D eigenvalue weighted by Gasteiger charge is 2.27. The predicted octanol–water partition coefficient (Wildman–Crippen LogP) is 1.84. The van der Waals surface area contributed by atoms with Gasteiger partial charge in [-0.3, -0.25) is 4.79 Å². The maximum atomic E-state index is 11.7. The van der Waals surface area contributed by atoms with Gasteiger partial charge in [0.05, 0.1) is 5.75 Å². The predicted molar refractivity (Wildman–Crippen MR) is 81.5 cm³/mol. The molecule has 5 nitrogen and oxygen atoms in total. The van der Waals surface area contributed by atoms with Crippen molar-refractivity contribution in [2.75, 3.05) is 12.3 Å². The average molecular weight is 302 g/mol. The van der Waals surface area contributed by atoms with Gasteiger partial charge in [-0.2, -0.15) is 0 Å².